The highest BCUT2D eigenvalue weighted by Crippen LogP contribution is 2.36. The molecule has 302 valence electrons. The van der Waals surface area contributed by atoms with E-state index in [1.165, 1.54) is 25.7 Å². The summed E-state index contributed by atoms with van der Waals surface area (Å²) in [5.74, 6) is -1.00. The van der Waals surface area contributed by atoms with Crippen LogP contribution in [0.5, 0.6) is 0 Å². The van der Waals surface area contributed by atoms with Crippen molar-refractivity contribution in [2.75, 3.05) is 13.2 Å². The maximum atomic E-state index is 12.4. The van der Waals surface area contributed by atoms with Gasteiger partial charge in [-0.05, 0) is 103 Å². The van der Waals surface area contributed by atoms with Crippen molar-refractivity contribution >= 4 is 19.8 Å². The Balaban J connectivity index is 4.12. The lowest BCUT2D eigenvalue weighted by molar-refractivity contribution is -0.161. The quantitative estimate of drug-likeness (QED) is 0.0249. The monoisotopic (exact) mass is 762 g/mol. The Morgan fingerprint density at radius 2 is 1.00 bits per heavy atom. The van der Waals surface area contributed by atoms with Gasteiger partial charge in [-0.15, -0.1) is 0 Å². The molecule has 0 fully saturated rings. The molecule has 0 aromatic heterocycles. The summed E-state index contributed by atoms with van der Waals surface area (Å²) in [6.07, 6.45) is 47.2. The van der Waals surface area contributed by atoms with Gasteiger partial charge in [0.05, 0.1) is 12.7 Å². The molecule has 0 aromatic carbocycles. The molecule has 0 heterocycles. The van der Waals surface area contributed by atoms with Crippen LogP contribution in [0, 0.1) is 0 Å². The fourth-order valence-electron chi connectivity index (χ4n) is 4.92. The van der Waals surface area contributed by atoms with Crippen LogP contribution in [0.1, 0.15) is 149 Å². The molecule has 0 saturated heterocycles. The number of aliphatic hydroxyl groups is 1. The summed E-state index contributed by atoms with van der Waals surface area (Å²) in [7, 11) is -4.79. The predicted octanol–water partition coefficient (Wildman–Crippen LogP) is 11.0. The third-order valence-electron chi connectivity index (χ3n) is 7.90. The standard InChI is InChI=1S/C43H71O9P/c1-3-4-5-6-7-8-9-10-11-12-15-18-21-24-27-30-33-36-42(45)50-38-41(39-51-53(47,48)49)52-43(46)37-34-31-28-25-22-19-16-13-14-17-20-23-26-29-32-35-40(2)44/h7-8,10-11,14-19,23,25-26,28,40-41,44H,3-6,9,12-13,20-22,24,27,29-39H2,1-2H3,(H2,47,48,49)/b8-7-,11-10-,17-14-,18-15-,19-16-,26-23-,28-25-/t40-,41+/m0/s1. The minimum absolute atomic E-state index is 0.114. The van der Waals surface area contributed by atoms with Crippen LogP contribution in [0.15, 0.2) is 85.1 Å². The molecule has 0 rings (SSSR count). The number of rotatable bonds is 35. The van der Waals surface area contributed by atoms with E-state index in [-0.39, 0.29) is 25.6 Å². The van der Waals surface area contributed by atoms with Crippen LogP contribution < -0.4 is 0 Å². The lowest BCUT2D eigenvalue weighted by atomic mass is 10.1. The maximum Gasteiger partial charge on any atom is 0.469 e. The Bertz CT molecular complexity index is 1140. The number of carbonyl (C=O) groups is 2. The molecule has 0 amide bonds. The lowest BCUT2D eigenvalue weighted by Crippen LogP contribution is -2.29. The number of hydrogen-bond acceptors (Lipinski definition) is 7. The second kappa shape index (κ2) is 37.5. The zero-order valence-corrected chi connectivity index (χ0v) is 33.6. The summed E-state index contributed by atoms with van der Waals surface area (Å²) in [6.45, 7) is 3.12. The number of unbranched alkanes of at least 4 members (excludes halogenated alkanes) is 9. The van der Waals surface area contributed by atoms with Gasteiger partial charge in [-0.2, -0.15) is 0 Å². The Labute approximate surface area is 321 Å². The number of phosphoric acid groups is 1. The predicted molar refractivity (Wildman–Crippen MR) is 217 cm³/mol. The first-order valence-corrected chi connectivity index (χ1v) is 21.4. The highest BCUT2D eigenvalue weighted by Gasteiger charge is 2.22. The number of ether oxygens (including phenoxy) is 2. The fraction of sp³-hybridized carbons (Fsp3) is 0.628. The number of phosphoric ester groups is 1. The zero-order valence-electron chi connectivity index (χ0n) is 32.7. The van der Waals surface area contributed by atoms with Crippen LogP contribution in [-0.4, -0.2) is 52.3 Å². The summed E-state index contributed by atoms with van der Waals surface area (Å²) in [5.41, 5.74) is 0. The van der Waals surface area contributed by atoms with Crippen LogP contribution in [0.4, 0.5) is 0 Å². The van der Waals surface area contributed by atoms with E-state index in [9.17, 15) is 19.3 Å². The van der Waals surface area contributed by atoms with E-state index in [2.05, 4.69) is 84.4 Å². The summed E-state index contributed by atoms with van der Waals surface area (Å²) in [4.78, 5) is 42.8. The van der Waals surface area contributed by atoms with Crippen molar-refractivity contribution in [3.8, 4) is 0 Å². The molecule has 0 bridgehead atoms. The Hall–Kier alpha value is -2.81. The Morgan fingerprint density at radius 3 is 1.49 bits per heavy atom. The molecule has 0 spiro atoms. The van der Waals surface area contributed by atoms with E-state index in [0.29, 0.717) is 19.3 Å². The molecule has 0 aliphatic carbocycles. The van der Waals surface area contributed by atoms with Crippen LogP contribution >= 0.6 is 7.82 Å². The zero-order chi connectivity index (χ0) is 39.1. The minimum atomic E-state index is -4.79. The second-order valence-electron chi connectivity index (χ2n) is 13.2. The molecule has 0 saturated carbocycles. The van der Waals surface area contributed by atoms with Crippen molar-refractivity contribution in [2.45, 2.75) is 161 Å². The van der Waals surface area contributed by atoms with E-state index >= 15 is 0 Å². The molecular weight excluding hydrogens is 691 g/mol. The minimum Gasteiger partial charge on any atom is -0.462 e. The van der Waals surface area contributed by atoms with Gasteiger partial charge in [-0.1, -0.05) is 118 Å². The molecule has 0 radical (unpaired) electrons. The van der Waals surface area contributed by atoms with Crippen molar-refractivity contribution in [1.29, 1.82) is 0 Å². The first-order chi connectivity index (χ1) is 25.6. The maximum absolute atomic E-state index is 12.4. The summed E-state index contributed by atoms with van der Waals surface area (Å²) in [5, 5.41) is 9.25. The van der Waals surface area contributed by atoms with Crippen molar-refractivity contribution in [3.63, 3.8) is 0 Å². The van der Waals surface area contributed by atoms with Crippen molar-refractivity contribution in [1.82, 2.24) is 0 Å². The van der Waals surface area contributed by atoms with E-state index in [1.54, 1.807) is 0 Å². The van der Waals surface area contributed by atoms with Gasteiger partial charge in [-0.25, -0.2) is 4.57 Å². The van der Waals surface area contributed by atoms with Gasteiger partial charge in [0.15, 0.2) is 6.10 Å². The highest BCUT2D eigenvalue weighted by molar-refractivity contribution is 7.46. The Kier molecular flexibility index (Phi) is 35.5. The average molecular weight is 763 g/mol. The normalized spacial score (nSPS) is 14.0. The number of allylic oxidation sites excluding steroid dienone is 14. The van der Waals surface area contributed by atoms with Crippen LogP contribution in [0.25, 0.3) is 0 Å². The molecule has 0 unspecified atom stereocenters. The topological polar surface area (TPSA) is 140 Å². The second-order valence-corrected chi connectivity index (χ2v) is 14.4. The average Bonchev–Trinajstić information content (AvgIpc) is 3.11. The molecule has 0 aliphatic rings. The van der Waals surface area contributed by atoms with Gasteiger partial charge in [-0.3, -0.25) is 14.1 Å². The van der Waals surface area contributed by atoms with E-state index < -0.39 is 32.5 Å². The van der Waals surface area contributed by atoms with Gasteiger partial charge in [0.25, 0.3) is 0 Å². The van der Waals surface area contributed by atoms with Crippen LogP contribution in [0.2, 0.25) is 0 Å². The summed E-state index contributed by atoms with van der Waals surface area (Å²) < 4.78 is 26.3. The summed E-state index contributed by atoms with van der Waals surface area (Å²) >= 11 is 0. The molecule has 9 nitrogen and oxygen atoms in total. The van der Waals surface area contributed by atoms with Crippen molar-refractivity contribution < 1.29 is 43.0 Å². The van der Waals surface area contributed by atoms with Crippen LogP contribution in [0.3, 0.4) is 0 Å². The molecule has 3 N–H and O–H groups in total. The fourth-order valence-corrected chi connectivity index (χ4v) is 5.28. The van der Waals surface area contributed by atoms with Gasteiger partial charge in [0.1, 0.15) is 6.61 Å². The van der Waals surface area contributed by atoms with Gasteiger partial charge in [0, 0.05) is 12.8 Å². The molecule has 10 heteroatoms. The van der Waals surface area contributed by atoms with Gasteiger partial charge < -0.3 is 24.4 Å². The molecule has 2 atom stereocenters. The number of aliphatic hydroxyl groups excluding tert-OH is 1. The van der Waals surface area contributed by atoms with Gasteiger partial charge in [0.2, 0.25) is 0 Å². The third-order valence-corrected chi connectivity index (χ3v) is 8.39. The summed E-state index contributed by atoms with van der Waals surface area (Å²) in [6, 6.07) is 0. The highest BCUT2D eigenvalue weighted by atomic mass is 31.2. The van der Waals surface area contributed by atoms with E-state index in [0.717, 1.165) is 77.0 Å². The van der Waals surface area contributed by atoms with Crippen LogP contribution in [-0.2, 0) is 28.2 Å². The van der Waals surface area contributed by atoms with E-state index in [1.807, 2.05) is 19.1 Å². The largest absolute Gasteiger partial charge is 0.469 e. The first kappa shape index (κ1) is 50.2. The Morgan fingerprint density at radius 1 is 0.566 bits per heavy atom. The molecule has 53 heavy (non-hydrogen) atoms. The number of carbonyl (C=O) groups excluding carboxylic acids is 2. The van der Waals surface area contributed by atoms with E-state index in [4.69, 9.17) is 19.3 Å². The lowest BCUT2D eigenvalue weighted by Gasteiger charge is -2.18. The molecule has 0 aliphatic heterocycles. The smallest absolute Gasteiger partial charge is 0.462 e. The van der Waals surface area contributed by atoms with Crippen molar-refractivity contribution in [2.24, 2.45) is 0 Å². The molecule has 0 aromatic rings. The first-order valence-electron chi connectivity index (χ1n) is 19.9. The third kappa shape index (κ3) is 41.8. The SMILES string of the molecule is CCCCC/C=C\C/C=C\C/C=C\CCCCCCC(=O)OC[C@H](COP(=O)(O)O)OC(=O)CCC/C=C\C/C=C\C/C=C\C/C=C\CCC[C@H](C)O. The van der Waals surface area contributed by atoms with Gasteiger partial charge >= 0.3 is 19.8 Å². The number of hydrogen-bond donors (Lipinski definition) is 3. The van der Waals surface area contributed by atoms with Crippen molar-refractivity contribution in [3.05, 3.63) is 85.1 Å². The molecular formula is C43H71O9P. The number of esters is 2.